The largest absolute Gasteiger partial charge is 0.395 e. The van der Waals surface area contributed by atoms with E-state index >= 15 is 0 Å². The number of hydrogen-bond acceptors (Lipinski definition) is 4. The van der Waals surface area contributed by atoms with Gasteiger partial charge in [-0.05, 0) is 31.0 Å². The molecule has 0 aromatic carbocycles. The molecule has 0 bridgehead atoms. The number of aliphatic hydroxyl groups excluding tert-OH is 1. The molecule has 1 aliphatic carbocycles. The number of pyridine rings is 1. The van der Waals surface area contributed by atoms with Gasteiger partial charge in [-0.2, -0.15) is 5.10 Å². The molecule has 1 saturated carbocycles. The van der Waals surface area contributed by atoms with E-state index in [0.717, 1.165) is 12.8 Å². The highest BCUT2D eigenvalue weighted by molar-refractivity contribution is 5.93. The number of carbonyl (C=O) groups is 1. The van der Waals surface area contributed by atoms with Gasteiger partial charge in [-0.1, -0.05) is 6.07 Å². The van der Waals surface area contributed by atoms with Crippen molar-refractivity contribution in [2.45, 2.75) is 18.9 Å². The Bertz CT molecular complexity index is 593. The maximum Gasteiger partial charge on any atom is 0.272 e. The van der Waals surface area contributed by atoms with Gasteiger partial charge in [-0.3, -0.25) is 4.79 Å². The third-order valence-corrected chi connectivity index (χ3v) is 3.28. The number of hydrogen-bond donors (Lipinski definition) is 1. The molecule has 104 valence electrons. The van der Waals surface area contributed by atoms with Crippen LogP contribution in [0.25, 0.3) is 5.82 Å². The lowest BCUT2D eigenvalue weighted by atomic mass is 10.3. The Morgan fingerprint density at radius 2 is 2.25 bits per heavy atom. The van der Waals surface area contributed by atoms with Gasteiger partial charge in [0.25, 0.3) is 5.91 Å². The Balaban J connectivity index is 1.85. The average Bonchev–Trinajstić information content (AvgIpc) is 3.17. The molecule has 1 amide bonds. The minimum absolute atomic E-state index is 0.0267. The van der Waals surface area contributed by atoms with Crippen molar-refractivity contribution in [3.63, 3.8) is 0 Å². The zero-order valence-corrected chi connectivity index (χ0v) is 11.0. The van der Waals surface area contributed by atoms with Crippen LogP contribution in [-0.2, 0) is 0 Å². The van der Waals surface area contributed by atoms with Crippen LogP contribution in [0.15, 0.2) is 36.7 Å². The third kappa shape index (κ3) is 2.55. The summed E-state index contributed by atoms with van der Waals surface area (Å²) in [5.41, 5.74) is 0.387. The molecule has 0 unspecified atom stereocenters. The molecule has 6 heteroatoms. The molecule has 20 heavy (non-hydrogen) atoms. The van der Waals surface area contributed by atoms with E-state index in [2.05, 4.69) is 10.1 Å². The van der Waals surface area contributed by atoms with Crippen molar-refractivity contribution >= 4 is 5.91 Å². The fourth-order valence-electron chi connectivity index (χ4n) is 2.17. The van der Waals surface area contributed by atoms with Crippen molar-refractivity contribution in [3.8, 4) is 5.82 Å². The molecular weight excluding hydrogens is 256 g/mol. The summed E-state index contributed by atoms with van der Waals surface area (Å²) in [5, 5.41) is 13.2. The fourth-order valence-corrected chi connectivity index (χ4v) is 2.17. The summed E-state index contributed by atoms with van der Waals surface area (Å²) < 4.78 is 1.62. The van der Waals surface area contributed by atoms with E-state index in [4.69, 9.17) is 5.11 Å². The summed E-state index contributed by atoms with van der Waals surface area (Å²) in [6.45, 7) is 0.332. The van der Waals surface area contributed by atoms with E-state index in [1.54, 1.807) is 46.2 Å². The first-order valence-electron chi connectivity index (χ1n) is 6.68. The Kier molecular flexibility index (Phi) is 3.47. The molecular formula is C14H16N4O2. The molecule has 0 aliphatic heterocycles. The standard InChI is InChI=1S/C14H16N4O2/c19-10-9-17(11-5-6-11)14(20)12-3-1-4-13(16-12)18-8-2-7-15-18/h1-4,7-8,11,19H,5-6,9-10H2. The van der Waals surface area contributed by atoms with E-state index < -0.39 is 0 Å². The van der Waals surface area contributed by atoms with Crippen molar-refractivity contribution in [1.82, 2.24) is 19.7 Å². The maximum absolute atomic E-state index is 12.5. The molecule has 1 fully saturated rings. The normalized spacial score (nSPS) is 14.2. The van der Waals surface area contributed by atoms with Crippen LogP contribution in [0.3, 0.4) is 0 Å². The summed E-state index contributed by atoms with van der Waals surface area (Å²) in [6.07, 6.45) is 5.45. The lowest BCUT2D eigenvalue weighted by Gasteiger charge is -2.20. The van der Waals surface area contributed by atoms with Gasteiger partial charge < -0.3 is 10.0 Å². The number of amides is 1. The first-order valence-corrected chi connectivity index (χ1v) is 6.68. The van der Waals surface area contributed by atoms with Gasteiger partial charge in [0.05, 0.1) is 6.61 Å². The number of aliphatic hydroxyl groups is 1. The Hall–Kier alpha value is -2.21. The number of nitrogens with zero attached hydrogens (tertiary/aromatic N) is 4. The van der Waals surface area contributed by atoms with Crippen molar-refractivity contribution in [2.24, 2.45) is 0 Å². The Morgan fingerprint density at radius 3 is 2.90 bits per heavy atom. The summed E-state index contributed by atoms with van der Waals surface area (Å²) in [7, 11) is 0. The van der Waals surface area contributed by atoms with E-state index in [-0.39, 0.29) is 18.6 Å². The fraction of sp³-hybridized carbons (Fsp3) is 0.357. The van der Waals surface area contributed by atoms with E-state index in [1.807, 2.05) is 0 Å². The second kappa shape index (κ2) is 5.42. The molecule has 2 aromatic heterocycles. The van der Waals surface area contributed by atoms with Gasteiger partial charge in [-0.25, -0.2) is 9.67 Å². The monoisotopic (exact) mass is 272 g/mol. The highest BCUT2D eigenvalue weighted by atomic mass is 16.3. The Morgan fingerprint density at radius 1 is 1.40 bits per heavy atom. The summed E-state index contributed by atoms with van der Waals surface area (Å²) in [6, 6.07) is 7.35. The van der Waals surface area contributed by atoms with Crippen LogP contribution in [0.4, 0.5) is 0 Å². The predicted octanol–water partition coefficient (Wildman–Crippen LogP) is 0.864. The minimum atomic E-state index is -0.129. The van der Waals surface area contributed by atoms with E-state index in [1.165, 1.54) is 0 Å². The first kappa shape index (κ1) is 12.8. The van der Waals surface area contributed by atoms with Crippen molar-refractivity contribution in [1.29, 1.82) is 0 Å². The average molecular weight is 272 g/mol. The van der Waals surface area contributed by atoms with Gasteiger partial charge >= 0.3 is 0 Å². The second-order valence-corrected chi connectivity index (χ2v) is 4.78. The minimum Gasteiger partial charge on any atom is -0.395 e. The zero-order valence-electron chi connectivity index (χ0n) is 11.0. The smallest absolute Gasteiger partial charge is 0.272 e. The quantitative estimate of drug-likeness (QED) is 0.876. The molecule has 6 nitrogen and oxygen atoms in total. The first-order chi connectivity index (χ1) is 9.79. The SMILES string of the molecule is O=C(c1cccc(-n2cccn2)n1)N(CCO)C1CC1. The molecule has 3 rings (SSSR count). The van der Waals surface area contributed by atoms with Crippen LogP contribution in [0, 0.1) is 0 Å². The summed E-state index contributed by atoms with van der Waals surface area (Å²) in [5.74, 6) is 0.483. The highest BCUT2D eigenvalue weighted by Crippen LogP contribution is 2.27. The number of rotatable bonds is 5. The predicted molar refractivity (Wildman–Crippen MR) is 72.5 cm³/mol. The number of carbonyl (C=O) groups excluding carboxylic acids is 1. The van der Waals surface area contributed by atoms with Gasteiger partial charge in [0.1, 0.15) is 5.69 Å². The summed E-state index contributed by atoms with van der Waals surface area (Å²) in [4.78, 5) is 18.5. The van der Waals surface area contributed by atoms with Crippen molar-refractivity contribution in [3.05, 3.63) is 42.4 Å². The molecule has 2 heterocycles. The molecule has 0 radical (unpaired) electrons. The van der Waals surface area contributed by atoms with Crippen LogP contribution in [0.1, 0.15) is 23.3 Å². The molecule has 1 N–H and O–H groups in total. The van der Waals surface area contributed by atoms with Gasteiger partial charge in [-0.15, -0.1) is 0 Å². The lowest BCUT2D eigenvalue weighted by Crippen LogP contribution is -2.36. The van der Waals surface area contributed by atoms with Gasteiger partial charge in [0.2, 0.25) is 0 Å². The van der Waals surface area contributed by atoms with E-state index in [0.29, 0.717) is 18.1 Å². The maximum atomic E-state index is 12.5. The van der Waals surface area contributed by atoms with Crippen LogP contribution < -0.4 is 0 Å². The molecule has 1 aliphatic rings. The third-order valence-electron chi connectivity index (χ3n) is 3.28. The van der Waals surface area contributed by atoms with Gasteiger partial charge in [0.15, 0.2) is 5.82 Å². The van der Waals surface area contributed by atoms with Crippen molar-refractivity contribution < 1.29 is 9.90 Å². The highest BCUT2D eigenvalue weighted by Gasteiger charge is 2.33. The lowest BCUT2D eigenvalue weighted by molar-refractivity contribution is 0.0701. The van der Waals surface area contributed by atoms with Crippen LogP contribution in [0.5, 0.6) is 0 Å². The molecule has 0 atom stereocenters. The molecule has 0 spiro atoms. The molecule has 0 saturated heterocycles. The van der Waals surface area contributed by atoms with Crippen LogP contribution >= 0.6 is 0 Å². The van der Waals surface area contributed by atoms with E-state index in [9.17, 15) is 4.79 Å². The van der Waals surface area contributed by atoms with Crippen LogP contribution in [0.2, 0.25) is 0 Å². The topological polar surface area (TPSA) is 71.2 Å². The number of aromatic nitrogens is 3. The zero-order chi connectivity index (χ0) is 13.9. The Labute approximate surface area is 116 Å². The second-order valence-electron chi connectivity index (χ2n) is 4.78. The van der Waals surface area contributed by atoms with Crippen LogP contribution in [-0.4, -0.2) is 49.9 Å². The van der Waals surface area contributed by atoms with Crippen molar-refractivity contribution in [2.75, 3.05) is 13.2 Å². The molecule has 2 aromatic rings. The summed E-state index contributed by atoms with van der Waals surface area (Å²) >= 11 is 0. The van der Waals surface area contributed by atoms with Gasteiger partial charge in [0, 0.05) is 25.0 Å².